The predicted molar refractivity (Wildman–Crippen MR) is 39.8 cm³/mol. The maximum atomic E-state index is 11.1. The molecule has 0 spiro atoms. The van der Waals surface area contributed by atoms with Gasteiger partial charge in [-0.25, -0.2) is 9.68 Å². The van der Waals surface area contributed by atoms with Crippen LogP contribution in [0.3, 0.4) is 0 Å². The summed E-state index contributed by atoms with van der Waals surface area (Å²) < 4.78 is 8.82. The molecule has 0 amide bonds. The zero-order valence-corrected chi connectivity index (χ0v) is 7.26. The van der Waals surface area contributed by atoms with Gasteiger partial charge in [0.25, 0.3) is 0 Å². The lowest BCUT2D eigenvalue weighted by atomic mass is 9.96. The van der Waals surface area contributed by atoms with Gasteiger partial charge < -0.3 is 14.6 Å². The van der Waals surface area contributed by atoms with Crippen LogP contribution in [0.1, 0.15) is 12.8 Å². The normalized spacial score (nSPS) is 27.9. The van der Waals surface area contributed by atoms with Gasteiger partial charge in [-0.3, -0.25) is 10.1 Å². The first kappa shape index (κ1) is 10.9. The minimum atomic E-state index is -1.98. The minimum Gasteiger partial charge on any atom is -0.428 e. The summed E-state index contributed by atoms with van der Waals surface area (Å²) in [5.74, 6) is -1.70. The Kier molecular flexibility index (Phi) is 3.39. The first-order valence-electron chi connectivity index (χ1n) is 3.90. The highest BCUT2D eigenvalue weighted by Crippen LogP contribution is 2.20. The molecule has 0 saturated carbocycles. The van der Waals surface area contributed by atoms with Crippen molar-refractivity contribution < 1.29 is 34.3 Å². The molecular weight excluding hydrogens is 196 g/mol. The van der Waals surface area contributed by atoms with Crippen LogP contribution in [-0.2, 0) is 24.0 Å². The second-order valence-corrected chi connectivity index (χ2v) is 2.86. The van der Waals surface area contributed by atoms with Crippen LogP contribution in [0.5, 0.6) is 0 Å². The zero-order valence-electron chi connectivity index (χ0n) is 7.26. The molecule has 0 radical (unpaired) electrons. The van der Waals surface area contributed by atoms with Gasteiger partial charge in [0.15, 0.2) is 5.60 Å². The second-order valence-electron chi connectivity index (χ2n) is 2.86. The number of carbonyl (C=O) groups is 2. The van der Waals surface area contributed by atoms with Gasteiger partial charge in [-0.05, 0) is 0 Å². The predicted octanol–water partition coefficient (Wildman–Crippen LogP) is -0.955. The number of hydrogen-bond donors (Lipinski definition) is 2. The largest absolute Gasteiger partial charge is 0.428 e. The van der Waals surface area contributed by atoms with Crippen LogP contribution in [0, 0.1) is 0 Å². The Bertz CT molecular complexity index is 238. The first-order valence-corrected chi connectivity index (χ1v) is 3.90. The quantitative estimate of drug-likeness (QED) is 0.348. The highest BCUT2D eigenvalue weighted by Gasteiger charge is 2.42. The van der Waals surface area contributed by atoms with Crippen LogP contribution in [0.2, 0.25) is 0 Å². The van der Waals surface area contributed by atoms with Crippen LogP contribution < -0.4 is 0 Å². The summed E-state index contributed by atoms with van der Waals surface area (Å²) in [6, 6.07) is 0. The Labute approximate surface area is 79.1 Å². The highest BCUT2D eigenvalue weighted by molar-refractivity contribution is 5.86. The molecule has 0 bridgehead atoms. The van der Waals surface area contributed by atoms with E-state index in [1.807, 2.05) is 0 Å². The molecule has 1 unspecified atom stereocenters. The molecule has 1 saturated heterocycles. The van der Waals surface area contributed by atoms with Gasteiger partial charge in [0, 0.05) is 6.42 Å². The van der Waals surface area contributed by atoms with Gasteiger partial charge >= 0.3 is 11.9 Å². The van der Waals surface area contributed by atoms with E-state index in [0.29, 0.717) is 0 Å². The van der Waals surface area contributed by atoms with E-state index in [-0.39, 0.29) is 13.0 Å². The van der Waals surface area contributed by atoms with E-state index in [0.717, 1.165) is 0 Å². The van der Waals surface area contributed by atoms with Crippen molar-refractivity contribution in [2.75, 3.05) is 13.4 Å². The first-order chi connectivity index (χ1) is 6.58. The van der Waals surface area contributed by atoms with Crippen molar-refractivity contribution in [3.63, 3.8) is 0 Å². The van der Waals surface area contributed by atoms with Crippen LogP contribution in [0.4, 0.5) is 0 Å². The molecular formula is C7H10O7. The molecule has 1 aliphatic rings. The summed E-state index contributed by atoms with van der Waals surface area (Å²) in [6.07, 6.45) is -0.743. The summed E-state index contributed by atoms with van der Waals surface area (Å²) in [6.45, 7) is -0.779. The lowest BCUT2D eigenvalue weighted by molar-refractivity contribution is -0.249. The van der Waals surface area contributed by atoms with Crippen molar-refractivity contribution in [1.82, 2.24) is 0 Å². The van der Waals surface area contributed by atoms with Crippen molar-refractivity contribution >= 4 is 11.9 Å². The van der Waals surface area contributed by atoms with E-state index in [2.05, 4.69) is 14.4 Å². The van der Waals surface area contributed by atoms with E-state index in [4.69, 9.17) is 5.26 Å². The fraction of sp³-hybridized carbons (Fsp3) is 0.714. The molecule has 1 aliphatic heterocycles. The number of esters is 2. The average molecular weight is 206 g/mol. The smallest absolute Gasteiger partial charge is 0.341 e. The molecule has 2 N–H and O–H groups in total. The van der Waals surface area contributed by atoms with Crippen LogP contribution in [0.25, 0.3) is 0 Å². The fourth-order valence-corrected chi connectivity index (χ4v) is 1.05. The second kappa shape index (κ2) is 4.36. The number of aliphatic hydroxyl groups is 1. The number of rotatable bonds is 3. The monoisotopic (exact) mass is 206 g/mol. The summed E-state index contributed by atoms with van der Waals surface area (Å²) in [5, 5.41) is 17.7. The number of carbonyl (C=O) groups excluding carboxylic acids is 2. The third-order valence-corrected chi connectivity index (χ3v) is 1.83. The van der Waals surface area contributed by atoms with Gasteiger partial charge in [-0.1, -0.05) is 0 Å². The maximum absolute atomic E-state index is 11.1. The lowest BCUT2D eigenvalue weighted by Gasteiger charge is -2.20. The third kappa shape index (κ3) is 2.41. The van der Waals surface area contributed by atoms with E-state index < -0.39 is 30.8 Å². The number of ether oxygens (including phenoxy) is 2. The number of hydrogen-bond acceptors (Lipinski definition) is 7. The van der Waals surface area contributed by atoms with Crippen LogP contribution in [-0.4, -0.2) is 41.3 Å². The summed E-state index contributed by atoms with van der Waals surface area (Å²) >= 11 is 0. The SMILES string of the molecule is O=C1CC(O)(CCOO)C(=O)OCO1. The van der Waals surface area contributed by atoms with E-state index in [9.17, 15) is 14.7 Å². The molecule has 1 fully saturated rings. The minimum absolute atomic E-state index is 0.239. The van der Waals surface area contributed by atoms with E-state index in [1.54, 1.807) is 0 Å². The summed E-state index contributed by atoms with van der Waals surface area (Å²) in [5.41, 5.74) is -1.98. The molecule has 14 heavy (non-hydrogen) atoms. The Morgan fingerprint density at radius 1 is 1.43 bits per heavy atom. The van der Waals surface area contributed by atoms with Crippen molar-refractivity contribution in [3.05, 3.63) is 0 Å². The molecule has 7 nitrogen and oxygen atoms in total. The van der Waals surface area contributed by atoms with Crippen molar-refractivity contribution in [3.8, 4) is 0 Å². The molecule has 80 valence electrons. The van der Waals surface area contributed by atoms with Gasteiger partial charge in [0.1, 0.15) is 0 Å². The maximum Gasteiger partial charge on any atom is 0.341 e. The van der Waals surface area contributed by atoms with Crippen molar-refractivity contribution in [1.29, 1.82) is 0 Å². The fourth-order valence-electron chi connectivity index (χ4n) is 1.05. The van der Waals surface area contributed by atoms with Gasteiger partial charge in [0.05, 0.1) is 13.0 Å². The highest BCUT2D eigenvalue weighted by atomic mass is 17.1. The molecule has 1 rings (SSSR count). The van der Waals surface area contributed by atoms with Gasteiger partial charge in [-0.2, -0.15) is 0 Å². The molecule has 1 atom stereocenters. The van der Waals surface area contributed by atoms with E-state index in [1.165, 1.54) is 0 Å². The third-order valence-electron chi connectivity index (χ3n) is 1.83. The molecule has 7 heteroatoms. The van der Waals surface area contributed by atoms with E-state index >= 15 is 0 Å². The topological polar surface area (TPSA) is 102 Å². The average Bonchev–Trinajstić information content (AvgIpc) is 2.25. The molecule has 1 heterocycles. The van der Waals surface area contributed by atoms with Gasteiger partial charge in [0.2, 0.25) is 6.79 Å². The standard InChI is InChI=1S/C7H10O7/c8-5-3-7(10,1-2-14-11)6(9)13-4-12-5/h10-11H,1-4H2. The molecule has 0 aromatic carbocycles. The van der Waals surface area contributed by atoms with Crippen LogP contribution in [0.15, 0.2) is 0 Å². The van der Waals surface area contributed by atoms with Crippen molar-refractivity contribution in [2.24, 2.45) is 0 Å². The molecule has 0 aliphatic carbocycles. The van der Waals surface area contributed by atoms with Gasteiger partial charge in [-0.15, -0.1) is 0 Å². The van der Waals surface area contributed by atoms with Crippen LogP contribution >= 0.6 is 0 Å². The summed E-state index contributed by atoms with van der Waals surface area (Å²) in [4.78, 5) is 25.7. The van der Waals surface area contributed by atoms with Crippen molar-refractivity contribution in [2.45, 2.75) is 18.4 Å². The Balaban J connectivity index is 2.69. The Hall–Kier alpha value is -1.18. The Morgan fingerprint density at radius 2 is 2.14 bits per heavy atom. The zero-order chi connectivity index (χ0) is 10.6. The number of cyclic esters (lactones) is 2. The molecule has 0 aromatic heterocycles. The Morgan fingerprint density at radius 3 is 2.79 bits per heavy atom. The molecule has 0 aromatic rings. The lowest BCUT2D eigenvalue weighted by Crippen LogP contribution is -2.41. The summed E-state index contributed by atoms with van der Waals surface area (Å²) in [7, 11) is 0.